The molecule has 1 aliphatic rings. The summed E-state index contributed by atoms with van der Waals surface area (Å²) < 4.78 is 17.2. The Kier molecular flexibility index (Phi) is 8.29. The molecule has 3 aromatic carbocycles. The number of aliphatic hydroxyl groups is 1. The molecule has 8 nitrogen and oxygen atoms in total. The molecule has 208 valence electrons. The molecule has 1 aromatic heterocycles. The molecule has 0 radical (unpaired) electrons. The first-order valence-corrected chi connectivity index (χ1v) is 13.4. The van der Waals surface area contributed by atoms with Crippen LogP contribution in [0.4, 0.5) is 5.69 Å². The molecule has 0 bridgehead atoms. The first-order chi connectivity index (χ1) is 20.0. The van der Waals surface area contributed by atoms with Crippen LogP contribution in [0.2, 0.25) is 0 Å². The van der Waals surface area contributed by atoms with Crippen molar-refractivity contribution >= 4 is 23.1 Å². The third-order valence-corrected chi connectivity index (χ3v) is 6.59. The van der Waals surface area contributed by atoms with Gasteiger partial charge in [-0.2, -0.15) is 0 Å². The van der Waals surface area contributed by atoms with Crippen molar-refractivity contribution in [3.8, 4) is 17.2 Å². The van der Waals surface area contributed by atoms with Crippen LogP contribution in [-0.4, -0.2) is 35.0 Å². The van der Waals surface area contributed by atoms with Crippen molar-refractivity contribution in [2.45, 2.75) is 26.5 Å². The van der Waals surface area contributed by atoms with E-state index in [1.807, 2.05) is 44.2 Å². The minimum absolute atomic E-state index is 0.0804. The number of rotatable bonds is 10. The minimum Gasteiger partial charge on any atom is -0.507 e. The van der Waals surface area contributed by atoms with Crippen LogP contribution in [-0.2, 0) is 16.2 Å². The van der Waals surface area contributed by atoms with Gasteiger partial charge in [-0.15, -0.1) is 0 Å². The zero-order chi connectivity index (χ0) is 28.8. The number of benzene rings is 3. The molecule has 8 heteroatoms. The standard InChI is InChI=1S/C33H30N2O6/c1-3-39-25-17-18-26(28(20-25)40-4-2)31(36)29-30(27-12-8-9-19-34-27)35(33(38)32(29)37)23-13-15-24(16-14-23)41-21-22-10-6-5-7-11-22/h5-20,30,36H,3-4,21H2,1-2H3/b31-29-. The van der Waals surface area contributed by atoms with Crippen LogP contribution in [0.5, 0.6) is 17.2 Å². The zero-order valence-corrected chi connectivity index (χ0v) is 22.8. The van der Waals surface area contributed by atoms with Crippen LogP contribution in [0.15, 0.2) is 103 Å². The topological polar surface area (TPSA) is 98.2 Å². The molecule has 0 aliphatic carbocycles. The summed E-state index contributed by atoms with van der Waals surface area (Å²) in [5, 5.41) is 11.6. The van der Waals surface area contributed by atoms with Crippen molar-refractivity contribution in [2.24, 2.45) is 0 Å². The van der Waals surface area contributed by atoms with Gasteiger partial charge in [0.25, 0.3) is 11.7 Å². The summed E-state index contributed by atoms with van der Waals surface area (Å²) in [6, 6.07) is 25.9. The summed E-state index contributed by atoms with van der Waals surface area (Å²) >= 11 is 0. The normalized spacial score (nSPS) is 16.0. The molecule has 1 aliphatic heterocycles. The van der Waals surface area contributed by atoms with E-state index in [0.29, 0.717) is 48.5 Å². The lowest BCUT2D eigenvalue weighted by Gasteiger charge is -2.25. The van der Waals surface area contributed by atoms with Crippen LogP contribution in [0, 0.1) is 0 Å². The molecule has 1 saturated heterocycles. The number of amides is 1. The average molecular weight is 551 g/mol. The molecule has 1 atom stereocenters. The monoisotopic (exact) mass is 550 g/mol. The van der Waals surface area contributed by atoms with E-state index >= 15 is 0 Å². The lowest BCUT2D eigenvalue weighted by molar-refractivity contribution is -0.132. The van der Waals surface area contributed by atoms with E-state index < -0.39 is 17.7 Å². The van der Waals surface area contributed by atoms with Gasteiger partial charge in [0, 0.05) is 18.0 Å². The number of pyridine rings is 1. The summed E-state index contributed by atoms with van der Waals surface area (Å²) in [5.74, 6) is -0.441. The molecule has 4 aromatic rings. The Morgan fingerprint density at radius 1 is 0.829 bits per heavy atom. The maximum absolute atomic E-state index is 13.5. The van der Waals surface area contributed by atoms with Gasteiger partial charge in [-0.25, -0.2) is 0 Å². The van der Waals surface area contributed by atoms with Crippen molar-refractivity contribution in [2.75, 3.05) is 18.1 Å². The highest BCUT2D eigenvalue weighted by atomic mass is 16.5. The first-order valence-electron chi connectivity index (χ1n) is 13.4. The van der Waals surface area contributed by atoms with Crippen molar-refractivity contribution in [3.63, 3.8) is 0 Å². The number of hydrogen-bond donors (Lipinski definition) is 1. The fourth-order valence-corrected chi connectivity index (χ4v) is 4.73. The number of ketones is 1. The van der Waals surface area contributed by atoms with Gasteiger partial charge in [0.2, 0.25) is 0 Å². The summed E-state index contributed by atoms with van der Waals surface area (Å²) in [6.07, 6.45) is 1.58. The summed E-state index contributed by atoms with van der Waals surface area (Å²) in [4.78, 5) is 32.8. The van der Waals surface area contributed by atoms with Gasteiger partial charge in [0.1, 0.15) is 35.7 Å². The number of carbonyl (C=O) groups excluding carboxylic acids is 2. The maximum atomic E-state index is 13.5. The van der Waals surface area contributed by atoms with Gasteiger partial charge in [-0.1, -0.05) is 36.4 Å². The van der Waals surface area contributed by atoms with Crippen molar-refractivity contribution in [1.29, 1.82) is 0 Å². The Morgan fingerprint density at radius 2 is 1.54 bits per heavy atom. The smallest absolute Gasteiger partial charge is 0.300 e. The molecule has 2 heterocycles. The molecular formula is C33H30N2O6. The van der Waals surface area contributed by atoms with Gasteiger partial charge >= 0.3 is 0 Å². The van der Waals surface area contributed by atoms with E-state index in [1.165, 1.54) is 4.90 Å². The maximum Gasteiger partial charge on any atom is 0.300 e. The van der Waals surface area contributed by atoms with Gasteiger partial charge in [-0.3, -0.25) is 19.5 Å². The predicted molar refractivity (Wildman–Crippen MR) is 155 cm³/mol. The molecule has 1 unspecified atom stereocenters. The van der Waals surface area contributed by atoms with Gasteiger partial charge < -0.3 is 19.3 Å². The van der Waals surface area contributed by atoms with Crippen LogP contribution in [0.1, 0.15) is 36.7 Å². The van der Waals surface area contributed by atoms with E-state index in [4.69, 9.17) is 14.2 Å². The minimum atomic E-state index is -0.965. The van der Waals surface area contributed by atoms with E-state index in [2.05, 4.69) is 4.98 Å². The number of aromatic nitrogens is 1. The van der Waals surface area contributed by atoms with Crippen molar-refractivity contribution < 1.29 is 28.9 Å². The van der Waals surface area contributed by atoms with Crippen molar-refractivity contribution in [1.82, 2.24) is 4.98 Å². The van der Waals surface area contributed by atoms with Crippen LogP contribution >= 0.6 is 0 Å². The fraction of sp³-hybridized carbons (Fsp3) is 0.182. The van der Waals surface area contributed by atoms with Gasteiger partial charge in [0.05, 0.1) is 30.0 Å². The number of hydrogen-bond acceptors (Lipinski definition) is 7. The number of carbonyl (C=O) groups is 2. The van der Waals surface area contributed by atoms with E-state index in [1.54, 1.807) is 66.9 Å². The molecule has 1 amide bonds. The van der Waals surface area contributed by atoms with Crippen LogP contribution in [0.3, 0.4) is 0 Å². The SMILES string of the molecule is CCOc1ccc(/C(O)=C2/C(=O)C(=O)N(c3ccc(OCc4ccccc4)cc3)C2c2ccccn2)c(OCC)c1. The van der Waals surface area contributed by atoms with Gasteiger partial charge in [-0.05, 0) is 67.9 Å². The number of aliphatic hydroxyl groups excluding tert-OH is 1. The quantitative estimate of drug-likeness (QED) is 0.145. The Bertz CT molecular complexity index is 1550. The highest BCUT2D eigenvalue weighted by Crippen LogP contribution is 2.43. The number of ether oxygens (including phenoxy) is 3. The zero-order valence-electron chi connectivity index (χ0n) is 22.8. The molecule has 5 rings (SSSR count). The average Bonchev–Trinajstić information content (AvgIpc) is 3.27. The summed E-state index contributed by atoms with van der Waals surface area (Å²) in [5.41, 5.74) is 2.12. The second-order valence-corrected chi connectivity index (χ2v) is 9.22. The summed E-state index contributed by atoms with van der Waals surface area (Å²) in [6.45, 7) is 4.86. The molecule has 1 fully saturated rings. The second-order valence-electron chi connectivity index (χ2n) is 9.22. The summed E-state index contributed by atoms with van der Waals surface area (Å²) in [7, 11) is 0. The van der Waals surface area contributed by atoms with E-state index in [0.717, 1.165) is 5.56 Å². The number of Topliss-reactive ketones (excluding diaryl/α,β-unsaturated/α-hetero) is 1. The number of nitrogens with zero attached hydrogens (tertiary/aromatic N) is 2. The first kappa shape index (κ1) is 27.5. The Balaban J connectivity index is 1.54. The fourth-order valence-electron chi connectivity index (χ4n) is 4.73. The lowest BCUT2D eigenvalue weighted by atomic mass is 9.97. The van der Waals surface area contributed by atoms with Gasteiger partial charge in [0.15, 0.2) is 0 Å². The third kappa shape index (κ3) is 5.77. The van der Waals surface area contributed by atoms with Crippen molar-refractivity contribution in [3.05, 3.63) is 120 Å². The number of anilines is 1. The van der Waals surface area contributed by atoms with Crippen LogP contribution in [0.25, 0.3) is 5.76 Å². The largest absolute Gasteiger partial charge is 0.507 e. The predicted octanol–water partition coefficient (Wildman–Crippen LogP) is 6.08. The third-order valence-electron chi connectivity index (χ3n) is 6.59. The molecular weight excluding hydrogens is 520 g/mol. The Hall–Kier alpha value is -5.11. The lowest BCUT2D eigenvalue weighted by Crippen LogP contribution is -2.29. The Morgan fingerprint density at radius 3 is 2.22 bits per heavy atom. The molecule has 0 spiro atoms. The second kappa shape index (κ2) is 12.4. The van der Waals surface area contributed by atoms with E-state index in [-0.39, 0.29) is 16.9 Å². The highest BCUT2D eigenvalue weighted by molar-refractivity contribution is 6.51. The molecule has 0 saturated carbocycles. The Labute approximate surface area is 238 Å². The van der Waals surface area contributed by atoms with Crippen LogP contribution < -0.4 is 19.1 Å². The highest BCUT2D eigenvalue weighted by Gasteiger charge is 2.47. The van der Waals surface area contributed by atoms with E-state index in [9.17, 15) is 14.7 Å². The molecule has 1 N–H and O–H groups in total. The molecule has 41 heavy (non-hydrogen) atoms.